The van der Waals surface area contributed by atoms with Crippen molar-refractivity contribution in [1.82, 2.24) is 19.7 Å². The number of anilines is 2. The topological polar surface area (TPSA) is 66.3 Å². The zero-order chi connectivity index (χ0) is 20.2. The first-order valence-corrected chi connectivity index (χ1v) is 10.5. The van der Waals surface area contributed by atoms with Crippen LogP contribution in [0.25, 0.3) is 5.69 Å². The van der Waals surface area contributed by atoms with Crippen LogP contribution < -0.4 is 10.2 Å². The lowest BCUT2D eigenvalue weighted by Crippen LogP contribution is -2.36. The first-order valence-electron chi connectivity index (χ1n) is 9.58. The van der Waals surface area contributed by atoms with Gasteiger partial charge >= 0.3 is 0 Å². The van der Waals surface area contributed by atoms with Gasteiger partial charge in [0.25, 0.3) is 0 Å². The van der Waals surface area contributed by atoms with Crippen LogP contribution >= 0.6 is 11.3 Å². The van der Waals surface area contributed by atoms with Crippen molar-refractivity contribution in [1.29, 1.82) is 0 Å². The molecule has 0 unspecified atom stereocenters. The Kier molecular flexibility index (Phi) is 5.86. The Balaban J connectivity index is 1.38. The molecule has 152 valence electrons. The molecule has 0 aliphatic carbocycles. The molecule has 0 radical (unpaired) electrons. The van der Waals surface area contributed by atoms with Crippen molar-refractivity contribution < 1.29 is 9.18 Å². The van der Waals surface area contributed by atoms with Crippen molar-refractivity contribution in [3.8, 4) is 5.69 Å². The highest BCUT2D eigenvalue weighted by Crippen LogP contribution is 2.20. The third-order valence-corrected chi connectivity index (χ3v) is 5.65. The average Bonchev–Trinajstić information content (AvgIpc) is 3.29. The van der Waals surface area contributed by atoms with Crippen LogP contribution in [0.2, 0.25) is 0 Å². The van der Waals surface area contributed by atoms with Gasteiger partial charge in [0.05, 0.1) is 17.9 Å². The van der Waals surface area contributed by atoms with Crippen LogP contribution in [0.15, 0.2) is 41.9 Å². The molecule has 1 saturated heterocycles. The summed E-state index contributed by atoms with van der Waals surface area (Å²) in [6.07, 6.45) is 2.81. The molecule has 1 aliphatic rings. The lowest BCUT2D eigenvalue weighted by molar-refractivity contribution is -0.117. The van der Waals surface area contributed by atoms with Crippen LogP contribution in [-0.4, -0.2) is 58.3 Å². The Morgan fingerprint density at radius 1 is 1.21 bits per heavy atom. The lowest BCUT2D eigenvalue weighted by atomic mass is 10.3. The maximum Gasteiger partial charge on any atom is 0.239 e. The van der Waals surface area contributed by atoms with E-state index in [-0.39, 0.29) is 11.7 Å². The number of nitrogens with one attached hydrogen (secondary N) is 1. The normalized spacial score (nSPS) is 15.3. The van der Waals surface area contributed by atoms with Crippen molar-refractivity contribution in [2.75, 3.05) is 42.9 Å². The van der Waals surface area contributed by atoms with Crippen LogP contribution in [-0.2, 0) is 4.79 Å². The third kappa shape index (κ3) is 4.80. The Hall–Kier alpha value is -2.78. The van der Waals surface area contributed by atoms with Gasteiger partial charge in [0.1, 0.15) is 11.6 Å². The number of hydrogen-bond acceptors (Lipinski definition) is 6. The van der Waals surface area contributed by atoms with Gasteiger partial charge in [-0.1, -0.05) is 0 Å². The highest BCUT2D eigenvalue weighted by molar-refractivity contribution is 7.13. The maximum atomic E-state index is 13.2. The fourth-order valence-corrected chi connectivity index (χ4v) is 4.14. The molecule has 1 fully saturated rings. The molecule has 29 heavy (non-hydrogen) atoms. The van der Waals surface area contributed by atoms with Gasteiger partial charge < -0.3 is 10.2 Å². The molecule has 4 rings (SSSR count). The fourth-order valence-electron chi connectivity index (χ4n) is 3.45. The molecule has 0 spiro atoms. The van der Waals surface area contributed by atoms with E-state index in [0.29, 0.717) is 18.1 Å². The van der Waals surface area contributed by atoms with Crippen LogP contribution in [0.1, 0.15) is 12.1 Å². The third-order valence-electron chi connectivity index (χ3n) is 4.82. The highest BCUT2D eigenvalue weighted by Gasteiger charge is 2.19. The van der Waals surface area contributed by atoms with Gasteiger partial charge in [-0.15, -0.1) is 11.3 Å². The van der Waals surface area contributed by atoms with Gasteiger partial charge in [0.15, 0.2) is 5.13 Å². The molecule has 0 atom stereocenters. The van der Waals surface area contributed by atoms with E-state index >= 15 is 0 Å². The number of carbonyl (C=O) groups excluding carboxylic acids is 1. The van der Waals surface area contributed by atoms with Crippen molar-refractivity contribution in [2.45, 2.75) is 13.3 Å². The van der Waals surface area contributed by atoms with Gasteiger partial charge in [0.2, 0.25) is 5.91 Å². The molecule has 3 aromatic rings. The summed E-state index contributed by atoms with van der Waals surface area (Å²) in [5.74, 6) is 0.186. The summed E-state index contributed by atoms with van der Waals surface area (Å²) >= 11 is 1.64. The number of aromatic nitrogens is 3. The number of halogens is 1. The van der Waals surface area contributed by atoms with E-state index in [9.17, 15) is 9.18 Å². The standard InChI is InChI=1S/C20H23FN6OS/c1-15-13-18(27(24-15)17-5-3-16(21)4-6-17)23-19(28)14-25-8-2-9-26(11-10-25)20-22-7-12-29-20/h3-7,12-13H,2,8-11,14H2,1H3,(H,23,28). The molecule has 2 aromatic heterocycles. The zero-order valence-corrected chi connectivity index (χ0v) is 17.0. The molecule has 3 heterocycles. The molecular formula is C20H23FN6OS. The number of benzene rings is 1. The Bertz CT molecular complexity index is 956. The highest BCUT2D eigenvalue weighted by atomic mass is 32.1. The molecular weight excluding hydrogens is 391 g/mol. The second-order valence-corrected chi connectivity index (χ2v) is 7.91. The van der Waals surface area contributed by atoms with Crippen LogP contribution in [0.4, 0.5) is 15.3 Å². The number of carbonyl (C=O) groups is 1. The number of hydrogen-bond donors (Lipinski definition) is 1. The largest absolute Gasteiger partial charge is 0.347 e. The van der Waals surface area contributed by atoms with Gasteiger partial charge in [-0.05, 0) is 37.6 Å². The van der Waals surface area contributed by atoms with Crippen molar-refractivity contribution in [3.05, 3.63) is 53.4 Å². The summed E-state index contributed by atoms with van der Waals surface area (Å²) in [5, 5.41) is 10.4. The maximum absolute atomic E-state index is 13.2. The van der Waals surface area contributed by atoms with E-state index in [4.69, 9.17) is 0 Å². The van der Waals surface area contributed by atoms with Gasteiger partial charge in [0, 0.05) is 43.8 Å². The van der Waals surface area contributed by atoms with Crippen LogP contribution in [0, 0.1) is 12.7 Å². The molecule has 1 aromatic carbocycles. The van der Waals surface area contributed by atoms with E-state index in [2.05, 4.69) is 25.2 Å². The minimum atomic E-state index is -0.309. The minimum absolute atomic E-state index is 0.0871. The number of aryl methyl sites for hydroxylation is 1. The summed E-state index contributed by atoms with van der Waals surface area (Å²) < 4.78 is 14.8. The zero-order valence-electron chi connectivity index (χ0n) is 16.2. The van der Waals surface area contributed by atoms with E-state index < -0.39 is 0 Å². The summed E-state index contributed by atoms with van der Waals surface area (Å²) in [6.45, 7) is 5.65. The minimum Gasteiger partial charge on any atom is -0.347 e. The van der Waals surface area contributed by atoms with Gasteiger partial charge in [-0.3, -0.25) is 9.69 Å². The summed E-state index contributed by atoms with van der Waals surface area (Å²) in [6, 6.07) is 7.85. The second kappa shape index (κ2) is 8.71. The first-order chi connectivity index (χ1) is 14.1. The predicted molar refractivity (Wildman–Crippen MR) is 112 cm³/mol. The summed E-state index contributed by atoms with van der Waals surface area (Å²) in [4.78, 5) is 21.5. The summed E-state index contributed by atoms with van der Waals surface area (Å²) in [7, 11) is 0. The predicted octanol–water partition coefficient (Wildman–Crippen LogP) is 2.93. The van der Waals surface area contributed by atoms with Crippen molar-refractivity contribution in [3.63, 3.8) is 0 Å². The van der Waals surface area contributed by atoms with E-state index in [1.165, 1.54) is 12.1 Å². The average molecular weight is 415 g/mol. The van der Waals surface area contributed by atoms with E-state index in [1.54, 1.807) is 28.2 Å². The number of rotatable bonds is 5. The Labute approximate surface area is 172 Å². The van der Waals surface area contributed by atoms with E-state index in [1.807, 2.05) is 24.6 Å². The van der Waals surface area contributed by atoms with E-state index in [0.717, 1.165) is 43.4 Å². The summed E-state index contributed by atoms with van der Waals surface area (Å²) in [5.41, 5.74) is 1.47. The number of amides is 1. The smallest absolute Gasteiger partial charge is 0.239 e. The molecule has 1 amide bonds. The SMILES string of the molecule is Cc1cc(NC(=O)CN2CCCN(c3nccs3)CC2)n(-c2ccc(F)cc2)n1. The van der Waals surface area contributed by atoms with Gasteiger partial charge in [-0.25, -0.2) is 14.1 Å². The van der Waals surface area contributed by atoms with Crippen LogP contribution in [0.5, 0.6) is 0 Å². The molecule has 0 bridgehead atoms. The monoisotopic (exact) mass is 414 g/mol. The Morgan fingerprint density at radius 3 is 2.79 bits per heavy atom. The second-order valence-electron chi connectivity index (χ2n) is 7.04. The molecule has 9 heteroatoms. The molecule has 7 nitrogen and oxygen atoms in total. The molecule has 0 saturated carbocycles. The first kappa shape index (κ1) is 19.5. The lowest BCUT2D eigenvalue weighted by Gasteiger charge is -2.21. The van der Waals surface area contributed by atoms with Gasteiger partial charge in [-0.2, -0.15) is 5.10 Å². The van der Waals surface area contributed by atoms with Crippen molar-refractivity contribution >= 4 is 28.2 Å². The Morgan fingerprint density at radius 2 is 2.03 bits per heavy atom. The quantitative estimate of drug-likeness (QED) is 0.695. The number of nitrogens with zero attached hydrogens (tertiary/aromatic N) is 5. The fraction of sp³-hybridized carbons (Fsp3) is 0.350. The molecule has 1 N–H and O–H groups in total. The molecule has 1 aliphatic heterocycles. The number of thiazole rings is 1. The van der Waals surface area contributed by atoms with Crippen LogP contribution in [0.3, 0.4) is 0 Å². The van der Waals surface area contributed by atoms with Crippen molar-refractivity contribution in [2.24, 2.45) is 0 Å².